The highest BCUT2D eigenvalue weighted by atomic mass is 16.2. The van der Waals surface area contributed by atoms with Crippen LogP contribution in [0.1, 0.15) is 45.4 Å². The first-order valence-electron chi connectivity index (χ1n) is 7.34. The number of piperidine rings is 1. The first kappa shape index (κ1) is 14.3. The number of hydrogen-bond acceptors (Lipinski definition) is 3. The van der Waals surface area contributed by atoms with E-state index in [1.165, 1.54) is 0 Å². The van der Waals surface area contributed by atoms with Gasteiger partial charge in [-0.3, -0.25) is 9.59 Å². The second-order valence-corrected chi connectivity index (χ2v) is 6.13. The minimum Gasteiger partial charge on any atom is -0.369 e. The van der Waals surface area contributed by atoms with Gasteiger partial charge in [0.25, 0.3) is 0 Å². The first-order valence-corrected chi connectivity index (χ1v) is 7.34. The van der Waals surface area contributed by atoms with Crippen LogP contribution < -0.4 is 11.5 Å². The monoisotopic (exact) mass is 267 g/mol. The Morgan fingerprint density at radius 1 is 1.00 bits per heavy atom. The Balaban J connectivity index is 1.98. The average Bonchev–Trinajstić information content (AvgIpc) is 2.39. The minimum atomic E-state index is -0.282. The van der Waals surface area contributed by atoms with E-state index in [0.717, 1.165) is 38.5 Å². The highest BCUT2D eigenvalue weighted by molar-refractivity contribution is 5.82. The summed E-state index contributed by atoms with van der Waals surface area (Å²) in [5, 5.41) is 0. The third-order valence-corrected chi connectivity index (χ3v) is 4.69. The molecule has 2 aliphatic rings. The lowest BCUT2D eigenvalue weighted by Crippen LogP contribution is -2.51. The zero-order valence-electron chi connectivity index (χ0n) is 11.7. The van der Waals surface area contributed by atoms with E-state index in [0.29, 0.717) is 6.54 Å². The van der Waals surface area contributed by atoms with Gasteiger partial charge in [-0.05, 0) is 45.4 Å². The van der Waals surface area contributed by atoms with Crippen LogP contribution in [0.3, 0.4) is 0 Å². The van der Waals surface area contributed by atoms with Crippen LogP contribution in [-0.4, -0.2) is 35.3 Å². The molecule has 2 unspecified atom stereocenters. The Morgan fingerprint density at radius 2 is 1.58 bits per heavy atom. The molecule has 1 heterocycles. The van der Waals surface area contributed by atoms with E-state index in [4.69, 9.17) is 11.5 Å². The molecule has 2 rings (SSSR count). The number of hydrogen-bond donors (Lipinski definition) is 2. The third-order valence-electron chi connectivity index (χ3n) is 4.69. The van der Waals surface area contributed by atoms with Crippen molar-refractivity contribution in [2.45, 2.75) is 57.5 Å². The fraction of sp³-hybridized carbons (Fsp3) is 0.857. The maximum atomic E-state index is 12.6. The fourth-order valence-corrected chi connectivity index (χ4v) is 3.25. The van der Waals surface area contributed by atoms with Crippen LogP contribution in [0.15, 0.2) is 0 Å². The molecule has 108 valence electrons. The fourth-order valence-electron chi connectivity index (χ4n) is 3.25. The quantitative estimate of drug-likeness (QED) is 0.768. The highest BCUT2D eigenvalue weighted by Crippen LogP contribution is 2.29. The van der Waals surface area contributed by atoms with E-state index in [-0.39, 0.29) is 35.7 Å². The largest absolute Gasteiger partial charge is 0.369 e. The van der Waals surface area contributed by atoms with Gasteiger partial charge >= 0.3 is 0 Å². The van der Waals surface area contributed by atoms with Crippen LogP contribution >= 0.6 is 0 Å². The molecule has 2 fully saturated rings. The number of carbonyl (C=O) groups excluding carboxylic acids is 2. The maximum Gasteiger partial charge on any atom is 0.225 e. The third kappa shape index (κ3) is 3.26. The Kier molecular flexibility index (Phi) is 4.45. The van der Waals surface area contributed by atoms with Crippen LogP contribution in [0.4, 0.5) is 0 Å². The lowest BCUT2D eigenvalue weighted by Gasteiger charge is -2.40. The number of carbonyl (C=O) groups is 2. The number of amides is 2. The van der Waals surface area contributed by atoms with Gasteiger partial charge in [0.05, 0.1) is 5.92 Å². The highest BCUT2D eigenvalue weighted by Gasteiger charge is 2.35. The van der Waals surface area contributed by atoms with Crippen LogP contribution in [0.25, 0.3) is 0 Å². The van der Waals surface area contributed by atoms with E-state index in [2.05, 4.69) is 6.92 Å². The number of likely N-dealkylation sites (tertiary alicyclic amines) is 1. The normalized spacial score (nSPS) is 36.0. The molecule has 4 N–H and O–H groups in total. The molecule has 5 heteroatoms. The molecule has 0 aromatic heterocycles. The molecule has 19 heavy (non-hydrogen) atoms. The van der Waals surface area contributed by atoms with Crippen LogP contribution in [-0.2, 0) is 9.59 Å². The van der Waals surface area contributed by atoms with E-state index >= 15 is 0 Å². The average molecular weight is 267 g/mol. The van der Waals surface area contributed by atoms with Gasteiger partial charge < -0.3 is 16.4 Å². The van der Waals surface area contributed by atoms with Crippen molar-refractivity contribution in [1.29, 1.82) is 0 Å². The summed E-state index contributed by atoms with van der Waals surface area (Å²) in [5.41, 5.74) is 11.3. The summed E-state index contributed by atoms with van der Waals surface area (Å²) >= 11 is 0. The minimum absolute atomic E-state index is 0.0916. The van der Waals surface area contributed by atoms with Gasteiger partial charge in [-0.25, -0.2) is 0 Å². The summed E-state index contributed by atoms with van der Waals surface area (Å²) in [5.74, 6) is -0.166. The molecule has 0 aromatic carbocycles. The number of primary amides is 1. The summed E-state index contributed by atoms with van der Waals surface area (Å²) in [6.45, 7) is 2.56. The van der Waals surface area contributed by atoms with Crippen molar-refractivity contribution in [2.75, 3.05) is 6.54 Å². The van der Waals surface area contributed by atoms with E-state index in [1.807, 2.05) is 4.90 Å². The van der Waals surface area contributed by atoms with Gasteiger partial charge in [0.15, 0.2) is 0 Å². The van der Waals surface area contributed by atoms with Gasteiger partial charge in [0, 0.05) is 24.5 Å². The Bertz CT molecular complexity index is 351. The second-order valence-electron chi connectivity index (χ2n) is 6.13. The summed E-state index contributed by atoms with van der Waals surface area (Å²) in [6, 6.07) is 0.472. The summed E-state index contributed by atoms with van der Waals surface area (Å²) in [6.07, 6.45) is 5.28. The Morgan fingerprint density at radius 3 is 2.16 bits per heavy atom. The van der Waals surface area contributed by atoms with Gasteiger partial charge in [0.2, 0.25) is 11.8 Å². The van der Waals surface area contributed by atoms with Crippen molar-refractivity contribution >= 4 is 11.8 Å². The maximum absolute atomic E-state index is 12.6. The molecule has 5 nitrogen and oxygen atoms in total. The first-order chi connectivity index (χ1) is 8.99. The molecular formula is C14H25N3O2. The Labute approximate surface area is 114 Å². The predicted octanol–water partition coefficient (Wildman–Crippen LogP) is 0.616. The van der Waals surface area contributed by atoms with Crippen LogP contribution in [0, 0.1) is 11.8 Å². The lowest BCUT2D eigenvalue weighted by atomic mass is 9.84. The van der Waals surface area contributed by atoms with Gasteiger partial charge in [-0.1, -0.05) is 0 Å². The topological polar surface area (TPSA) is 89.4 Å². The molecule has 0 bridgehead atoms. The predicted molar refractivity (Wildman–Crippen MR) is 73.0 cm³/mol. The van der Waals surface area contributed by atoms with Crippen LogP contribution in [0.5, 0.6) is 0 Å². The molecule has 0 spiro atoms. The molecule has 0 radical (unpaired) electrons. The molecule has 1 saturated carbocycles. The van der Waals surface area contributed by atoms with Gasteiger partial charge in [-0.2, -0.15) is 0 Å². The van der Waals surface area contributed by atoms with Crippen molar-refractivity contribution in [2.24, 2.45) is 23.3 Å². The zero-order valence-corrected chi connectivity index (χ0v) is 11.7. The molecule has 1 aliphatic carbocycles. The Hall–Kier alpha value is -1.10. The molecule has 2 atom stereocenters. The van der Waals surface area contributed by atoms with Gasteiger partial charge in [0.1, 0.15) is 0 Å². The lowest BCUT2D eigenvalue weighted by molar-refractivity contribution is -0.142. The second kappa shape index (κ2) is 5.90. The molecule has 1 aliphatic heterocycles. The van der Waals surface area contributed by atoms with E-state index in [1.54, 1.807) is 0 Å². The van der Waals surface area contributed by atoms with Crippen molar-refractivity contribution in [1.82, 2.24) is 4.90 Å². The summed E-state index contributed by atoms with van der Waals surface area (Å²) in [7, 11) is 0. The number of nitrogens with zero attached hydrogens (tertiary/aromatic N) is 1. The summed E-state index contributed by atoms with van der Waals surface area (Å²) < 4.78 is 0. The summed E-state index contributed by atoms with van der Waals surface area (Å²) in [4.78, 5) is 25.8. The SMILES string of the molecule is CC1CCC(C(N)=O)CN1C(=O)C1CCC(N)CC1. The van der Waals surface area contributed by atoms with Crippen LogP contribution in [0.2, 0.25) is 0 Å². The number of rotatable bonds is 2. The van der Waals surface area contributed by atoms with Crippen molar-refractivity contribution in [3.05, 3.63) is 0 Å². The molecular weight excluding hydrogens is 242 g/mol. The smallest absolute Gasteiger partial charge is 0.225 e. The standard InChI is InChI=1S/C14H25N3O2/c1-9-2-3-11(13(16)18)8-17(9)14(19)10-4-6-12(15)7-5-10/h9-12H,2-8,15H2,1H3,(H2,16,18). The number of nitrogens with two attached hydrogens (primary N) is 2. The van der Waals surface area contributed by atoms with Crippen molar-refractivity contribution in [3.63, 3.8) is 0 Å². The zero-order chi connectivity index (χ0) is 14.0. The van der Waals surface area contributed by atoms with Gasteiger partial charge in [-0.15, -0.1) is 0 Å². The van der Waals surface area contributed by atoms with Crippen molar-refractivity contribution < 1.29 is 9.59 Å². The van der Waals surface area contributed by atoms with E-state index in [9.17, 15) is 9.59 Å². The molecule has 2 amide bonds. The molecule has 1 saturated heterocycles. The van der Waals surface area contributed by atoms with Crippen molar-refractivity contribution in [3.8, 4) is 0 Å². The van der Waals surface area contributed by atoms with E-state index < -0.39 is 0 Å². The molecule has 0 aromatic rings.